The third-order valence-electron chi connectivity index (χ3n) is 4.29. The number of H-pyrrole nitrogens is 1. The van der Waals surface area contributed by atoms with Crippen LogP contribution in [0, 0.1) is 11.3 Å². The van der Waals surface area contributed by atoms with Crippen molar-refractivity contribution in [2.24, 2.45) is 0 Å². The first-order valence-corrected chi connectivity index (χ1v) is 8.04. The predicted octanol–water partition coefficient (Wildman–Crippen LogP) is 2.79. The van der Waals surface area contributed by atoms with Gasteiger partial charge in [-0.2, -0.15) is 10.4 Å². The lowest BCUT2D eigenvalue weighted by atomic mass is 10.0. The van der Waals surface area contributed by atoms with E-state index in [0.717, 1.165) is 11.1 Å². The average Bonchev–Trinajstić information content (AvgIpc) is 3.36. The van der Waals surface area contributed by atoms with Crippen LogP contribution in [0.1, 0.15) is 5.56 Å². The minimum absolute atomic E-state index is 0.136. The van der Waals surface area contributed by atoms with Crippen molar-refractivity contribution in [3.63, 3.8) is 0 Å². The molecule has 0 bridgehead atoms. The van der Waals surface area contributed by atoms with Crippen LogP contribution in [0.5, 0.6) is 0 Å². The molecule has 0 saturated heterocycles. The molecular formula is C19H10N6O2. The zero-order valence-corrected chi connectivity index (χ0v) is 13.7. The molecule has 5 rings (SSSR count). The second-order valence-electron chi connectivity index (χ2n) is 5.92. The normalized spacial score (nSPS) is 11.1. The highest BCUT2D eigenvalue weighted by Gasteiger charge is 2.15. The number of hydrogen-bond donors (Lipinski definition) is 1. The van der Waals surface area contributed by atoms with E-state index in [1.54, 1.807) is 18.5 Å². The van der Waals surface area contributed by atoms with Gasteiger partial charge in [0.25, 0.3) is 0 Å². The Balaban J connectivity index is 1.84. The van der Waals surface area contributed by atoms with Crippen molar-refractivity contribution in [1.82, 2.24) is 24.7 Å². The molecule has 8 heteroatoms. The lowest BCUT2D eigenvalue weighted by molar-refractivity contribution is 0.602. The summed E-state index contributed by atoms with van der Waals surface area (Å²) in [6.07, 6.45) is 5.98. The molecule has 0 aliphatic heterocycles. The Hall–Kier alpha value is -4.25. The summed E-state index contributed by atoms with van der Waals surface area (Å²) < 4.78 is 6.91. The summed E-state index contributed by atoms with van der Waals surface area (Å²) in [7, 11) is 0. The predicted molar refractivity (Wildman–Crippen MR) is 97.2 cm³/mol. The molecule has 0 aliphatic rings. The summed E-state index contributed by atoms with van der Waals surface area (Å²) in [5.74, 6) is 0.490. The van der Waals surface area contributed by atoms with Crippen molar-refractivity contribution in [2.45, 2.75) is 0 Å². The Morgan fingerprint density at radius 2 is 2.15 bits per heavy atom. The lowest BCUT2D eigenvalue weighted by Gasteiger charge is -2.10. The second-order valence-corrected chi connectivity index (χ2v) is 5.92. The Bertz CT molecular complexity index is 1420. The number of aromatic nitrogens is 5. The van der Waals surface area contributed by atoms with Crippen molar-refractivity contribution in [1.29, 1.82) is 5.26 Å². The third-order valence-corrected chi connectivity index (χ3v) is 4.29. The average molecular weight is 354 g/mol. The Kier molecular flexibility index (Phi) is 3.14. The molecule has 1 aromatic carbocycles. The van der Waals surface area contributed by atoms with E-state index in [9.17, 15) is 4.79 Å². The molecule has 5 aromatic rings. The van der Waals surface area contributed by atoms with Crippen LogP contribution in [0.2, 0.25) is 0 Å². The van der Waals surface area contributed by atoms with Gasteiger partial charge in [0.05, 0.1) is 23.3 Å². The Morgan fingerprint density at radius 3 is 3.00 bits per heavy atom. The van der Waals surface area contributed by atoms with Crippen molar-refractivity contribution < 1.29 is 4.42 Å². The number of benzene rings is 1. The number of nitrogens with zero attached hydrogens (tertiary/aromatic N) is 5. The van der Waals surface area contributed by atoms with E-state index in [1.807, 2.05) is 18.2 Å². The van der Waals surface area contributed by atoms with E-state index in [-0.39, 0.29) is 5.43 Å². The minimum atomic E-state index is -0.136. The summed E-state index contributed by atoms with van der Waals surface area (Å²) in [4.78, 5) is 24.0. The van der Waals surface area contributed by atoms with Crippen LogP contribution in [0.15, 0.2) is 64.5 Å². The van der Waals surface area contributed by atoms with Crippen molar-refractivity contribution in [2.75, 3.05) is 0 Å². The van der Waals surface area contributed by atoms with Gasteiger partial charge in [-0.15, -0.1) is 0 Å². The van der Waals surface area contributed by atoms with Crippen LogP contribution >= 0.6 is 0 Å². The van der Waals surface area contributed by atoms with Gasteiger partial charge in [0.2, 0.25) is 0 Å². The molecule has 4 heterocycles. The molecular weight excluding hydrogens is 344 g/mol. The molecule has 1 N–H and O–H groups in total. The quantitative estimate of drug-likeness (QED) is 0.521. The molecule has 8 nitrogen and oxygen atoms in total. The molecule has 27 heavy (non-hydrogen) atoms. The maximum Gasteiger partial charge on any atom is 0.191 e. The molecule has 0 unspecified atom stereocenters. The Labute approximate surface area is 151 Å². The molecule has 0 saturated carbocycles. The number of hydrogen-bond acceptors (Lipinski definition) is 6. The molecule has 0 aliphatic carbocycles. The van der Waals surface area contributed by atoms with Gasteiger partial charge in [-0.25, -0.2) is 14.6 Å². The largest absolute Gasteiger partial charge is 0.443 e. The highest BCUT2D eigenvalue weighted by Crippen LogP contribution is 2.30. The maximum absolute atomic E-state index is 12.3. The maximum atomic E-state index is 12.3. The van der Waals surface area contributed by atoms with Crippen molar-refractivity contribution in [3.8, 4) is 23.0 Å². The van der Waals surface area contributed by atoms with Gasteiger partial charge in [-0.05, 0) is 23.8 Å². The molecule has 0 radical (unpaired) electrons. The van der Waals surface area contributed by atoms with Crippen LogP contribution in [0.4, 0.5) is 0 Å². The molecule has 4 aromatic heterocycles. The standard InChI is InChI=1S/C19H10N6O2/c20-7-11-8-23-25(9-11)19-13(6-14-16(26)3-4-21-18(14)24-19)12-1-2-15-17(5-12)27-10-22-15/h1-6,8-10H,(H,21,24,26). The number of oxazole rings is 1. The number of aromatic amines is 1. The van der Waals surface area contributed by atoms with Gasteiger partial charge in [0.1, 0.15) is 17.2 Å². The summed E-state index contributed by atoms with van der Waals surface area (Å²) in [6.45, 7) is 0. The van der Waals surface area contributed by atoms with E-state index in [2.05, 4.69) is 26.1 Å². The van der Waals surface area contributed by atoms with Gasteiger partial charge in [0.15, 0.2) is 23.2 Å². The van der Waals surface area contributed by atoms with Crippen LogP contribution in [-0.4, -0.2) is 24.7 Å². The zero-order valence-electron chi connectivity index (χ0n) is 13.7. The molecule has 0 fully saturated rings. The number of pyridine rings is 2. The number of rotatable bonds is 2. The summed E-state index contributed by atoms with van der Waals surface area (Å²) in [5, 5.41) is 13.8. The first-order chi connectivity index (χ1) is 13.2. The monoisotopic (exact) mass is 354 g/mol. The third kappa shape index (κ3) is 2.38. The van der Waals surface area contributed by atoms with Crippen LogP contribution in [0.25, 0.3) is 39.1 Å². The fourth-order valence-electron chi connectivity index (χ4n) is 2.99. The van der Waals surface area contributed by atoms with Crippen molar-refractivity contribution in [3.05, 3.63) is 71.1 Å². The van der Waals surface area contributed by atoms with Crippen molar-refractivity contribution >= 4 is 22.1 Å². The molecule has 0 atom stereocenters. The van der Waals surface area contributed by atoms with E-state index in [0.29, 0.717) is 33.6 Å². The van der Waals surface area contributed by atoms with Crippen LogP contribution in [-0.2, 0) is 0 Å². The zero-order chi connectivity index (χ0) is 18.4. The SMILES string of the molecule is N#Cc1cnn(-c2nc3[nH]ccc(=O)c3cc2-c2ccc3ncoc3c2)c1. The summed E-state index contributed by atoms with van der Waals surface area (Å²) in [6, 6.07) is 10.8. The summed E-state index contributed by atoms with van der Waals surface area (Å²) in [5.41, 5.74) is 3.55. The molecule has 0 amide bonds. The van der Waals surface area contributed by atoms with Gasteiger partial charge in [-0.1, -0.05) is 6.07 Å². The molecule has 128 valence electrons. The number of nitrogens with one attached hydrogen (secondary N) is 1. The first kappa shape index (κ1) is 15.0. The highest BCUT2D eigenvalue weighted by molar-refractivity contribution is 5.88. The molecule has 0 spiro atoms. The smallest absolute Gasteiger partial charge is 0.191 e. The number of fused-ring (bicyclic) bond motifs is 2. The second kappa shape index (κ2) is 5.64. The fraction of sp³-hybridized carbons (Fsp3) is 0. The van der Waals surface area contributed by atoms with E-state index < -0.39 is 0 Å². The van der Waals surface area contributed by atoms with Gasteiger partial charge in [-0.3, -0.25) is 4.79 Å². The van der Waals surface area contributed by atoms with Crippen LogP contribution < -0.4 is 5.43 Å². The topological polar surface area (TPSA) is 113 Å². The first-order valence-electron chi connectivity index (χ1n) is 8.04. The minimum Gasteiger partial charge on any atom is -0.443 e. The Morgan fingerprint density at radius 1 is 1.22 bits per heavy atom. The van der Waals surface area contributed by atoms with Gasteiger partial charge in [0, 0.05) is 17.8 Å². The van der Waals surface area contributed by atoms with Crippen LogP contribution in [0.3, 0.4) is 0 Å². The van der Waals surface area contributed by atoms with E-state index in [4.69, 9.17) is 9.68 Å². The lowest BCUT2D eigenvalue weighted by Crippen LogP contribution is -2.07. The van der Waals surface area contributed by atoms with E-state index in [1.165, 1.54) is 23.3 Å². The van der Waals surface area contributed by atoms with Gasteiger partial charge < -0.3 is 9.40 Å². The fourth-order valence-corrected chi connectivity index (χ4v) is 2.99. The highest BCUT2D eigenvalue weighted by atomic mass is 16.3. The summed E-state index contributed by atoms with van der Waals surface area (Å²) >= 11 is 0. The van der Waals surface area contributed by atoms with Gasteiger partial charge >= 0.3 is 0 Å². The number of nitriles is 1. The van der Waals surface area contributed by atoms with E-state index >= 15 is 0 Å².